The van der Waals surface area contributed by atoms with Crippen LogP contribution >= 0.6 is 11.8 Å². The number of rotatable bonds is 4. The highest BCUT2D eigenvalue weighted by molar-refractivity contribution is 8.00. The lowest BCUT2D eigenvalue weighted by atomic mass is 10.2. The first kappa shape index (κ1) is 15.5. The predicted octanol–water partition coefficient (Wildman–Crippen LogP) is 3.52. The normalized spacial score (nSPS) is 12.0. The van der Waals surface area contributed by atoms with E-state index in [0.717, 1.165) is 22.6 Å². The average Bonchev–Trinajstić information content (AvgIpc) is 2.45. The van der Waals surface area contributed by atoms with Gasteiger partial charge in [0.1, 0.15) is 0 Å². The van der Waals surface area contributed by atoms with Crippen molar-refractivity contribution in [1.82, 2.24) is 9.97 Å². The molecule has 0 spiro atoms. The summed E-state index contributed by atoms with van der Waals surface area (Å²) in [6, 6.07) is 9.43. The molecule has 1 amide bonds. The first-order valence-corrected chi connectivity index (χ1v) is 7.69. The maximum absolute atomic E-state index is 12.2. The summed E-state index contributed by atoms with van der Waals surface area (Å²) in [6.45, 7) is 7.78. The van der Waals surface area contributed by atoms with E-state index in [1.165, 1.54) is 11.8 Å². The van der Waals surface area contributed by atoms with Crippen LogP contribution in [-0.4, -0.2) is 21.1 Å². The van der Waals surface area contributed by atoms with E-state index < -0.39 is 0 Å². The maximum Gasteiger partial charge on any atom is 0.237 e. The Hall–Kier alpha value is -1.88. The number of nitrogens with zero attached hydrogens (tertiary/aromatic N) is 2. The zero-order valence-electron chi connectivity index (χ0n) is 12.7. The first-order chi connectivity index (χ1) is 9.97. The van der Waals surface area contributed by atoms with Gasteiger partial charge in [-0.1, -0.05) is 30.0 Å². The van der Waals surface area contributed by atoms with Crippen molar-refractivity contribution in [1.29, 1.82) is 0 Å². The van der Waals surface area contributed by atoms with Crippen LogP contribution in [0, 0.1) is 20.8 Å². The highest BCUT2D eigenvalue weighted by atomic mass is 32.2. The molecule has 0 radical (unpaired) electrons. The van der Waals surface area contributed by atoms with Gasteiger partial charge in [0, 0.05) is 17.1 Å². The van der Waals surface area contributed by atoms with Crippen molar-refractivity contribution in [3.63, 3.8) is 0 Å². The van der Waals surface area contributed by atoms with E-state index in [1.54, 1.807) is 0 Å². The number of anilines is 1. The molecule has 1 atom stereocenters. The smallest absolute Gasteiger partial charge is 0.237 e. The summed E-state index contributed by atoms with van der Waals surface area (Å²) in [6.07, 6.45) is 0. The molecular formula is C16H19N3OS. The topological polar surface area (TPSA) is 54.9 Å². The van der Waals surface area contributed by atoms with Gasteiger partial charge in [0.05, 0.1) is 5.25 Å². The van der Waals surface area contributed by atoms with Gasteiger partial charge >= 0.3 is 0 Å². The SMILES string of the molecule is Cc1nc(S[C@@H](C)C(=O)Nc2ccccc2)nc(C)c1C. The molecule has 0 saturated heterocycles. The molecule has 1 heterocycles. The summed E-state index contributed by atoms with van der Waals surface area (Å²) in [7, 11) is 0. The summed E-state index contributed by atoms with van der Waals surface area (Å²) < 4.78 is 0. The Morgan fingerprint density at radius 1 is 1.10 bits per heavy atom. The minimum atomic E-state index is -0.258. The third-order valence-corrected chi connectivity index (χ3v) is 4.27. The number of hydrogen-bond acceptors (Lipinski definition) is 4. The molecule has 1 aromatic carbocycles. The van der Waals surface area contributed by atoms with Crippen molar-refractivity contribution in [2.75, 3.05) is 5.32 Å². The summed E-state index contributed by atoms with van der Waals surface area (Å²) in [5, 5.41) is 3.27. The molecule has 1 aromatic heterocycles. The second kappa shape index (κ2) is 6.72. The molecule has 0 fully saturated rings. The molecule has 0 saturated carbocycles. The van der Waals surface area contributed by atoms with Crippen LogP contribution in [-0.2, 0) is 4.79 Å². The first-order valence-electron chi connectivity index (χ1n) is 6.82. The van der Waals surface area contributed by atoms with Gasteiger partial charge in [0.25, 0.3) is 0 Å². The number of nitrogens with one attached hydrogen (secondary N) is 1. The standard InChI is InChI=1S/C16H19N3OS/c1-10-11(2)17-16(18-12(10)3)21-13(4)15(20)19-14-8-6-5-7-9-14/h5-9,13H,1-4H3,(H,19,20)/t13-/m0/s1. The quantitative estimate of drug-likeness (QED) is 0.693. The van der Waals surface area contributed by atoms with Gasteiger partial charge in [-0.05, 0) is 45.4 Å². The number of thioether (sulfide) groups is 1. The highest BCUT2D eigenvalue weighted by Gasteiger charge is 2.17. The Morgan fingerprint density at radius 3 is 2.24 bits per heavy atom. The van der Waals surface area contributed by atoms with E-state index in [4.69, 9.17) is 0 Å². The monoisotopic (exact) mass is 301 g/mol. The minimum absolute atomic E-state index is 0.0503. The summed E-state index contributed by atoms with van der Waals surface area (Å²) in [4.78, 5) is 21.0. The zero-order chi connectivity index (χ0) is 15.4. The van der Waals surface area contributed by atoms with E-state index in [1.807, 2.05) is 58.0 Å². The molecule has 2 rings (SSSR count). The van der Waals surface area contributed by atoms with Crippen molar-refractivity contribution in [3.8, 4) is 0 Å². The van der Waals surface area contributed by atoms with E-state index >= 15 is 0 Å². The van der Waals surface area contributed by atoms with E-state index in [-0.39, 0.29) is 11.2 Å². The van der Waals surface area contributed by atoms with Crippen molar-refractivity contribution in [2.45, 2.75) is 38.1 Å². The van der Waals surface area contributed by atoms with Crippen molar-refractivity contribution >= 4 is 23.4 Å². The molecule has 0 aliphatic heterocycles. The van der Waals surface area contributed by atoms with Crippen LogP contribution < -0.4 is 5.32 Å². The Kier molecular flexibility index (Phi) is 4.96. The molecule has 5 heteroatoms. The van der Waals surface area contributed by atoms with Gasteiger partial charge in [-0.25, -0.2) is 9.97 Å². The summed E-state index contributed by atoms with van der Waals surface area (Å²) >= 11 is 1.37. The van der Waals surface area contributed by atoms with Crippen LogP contribution in [0.25, 0.3) is 0 Å². The number of amides is 1. The molecule has 2 aromatic rings. The van der Waals surface area contributed by atoms with E-state index in [9.17, 15) is 4.79 Å². The maximum atomic E-state index is 12.2. The molecule has 0 unspecified atom stereocenters. The second-order valence-corrected chi connectivity index (χ2v) is 6.23. The van der Waals surface area contributed by atoms with E-state index in [0.29, 0.717) is 5.16 Å². The van der Waals surface area contributed by atoms with Gasteiger partial charge in [-0.2, -0.15) is 0 Å². The fourth-order valence-corrected chi connectivity index (χ4v) is 2.63. The van der Waals surface area contributed by atoms with Crippen molar-refractivity contribution < 1.29 is 4.79 Å². The minimum Gasteiger partial charge on any atom is -0.325 e. The third-order valence-electron chi connectivity index (χ3n) is 3.30. The lowest BCUT2D eigenvalue weighted by Gasteiger charge is -2.12. The van der Waals surface area contributed by atoms with Gasteiger partial charge in [-0.15, -0.1) is 0 Å². The van der Waals surface area contributed by atoms with Gasteiger partial charge in [0.15, 0.2) is 5.16 Å². The molecule has 1 N–H and O–H groups in total. The predicted molar refractivity (Wildman–Crippen MR) is 86.6 cm³/mol. The molecule has 0 aliphatic rings. The Bertz CT molecular complexity index is 620. The zero-order valence-corrected chi connectivity index (χ0v) is 13.5. The molecule has 21 heavy (non-hydrogen) atoms. The molecule has 4 nitrogen and oxygen atoms in total. The molecule has 110 valence electrons. The van der Waals surface area contributed by atoms with Crippen molar-refractivity contribution in [2.24, 2.45) is 0 Å². The Morgan fingerprint density at radius 2 is 1.67 bits per heavy atom. The number of aromatic nitrogens is 2. The van der Waals surface area contributed by atoms with Gasteiger partial charge in [0.2, 0.25) is 5.91 Å². The average molecular weight is 301 g/mol. The highest BCUT2D eigenvalue weighted by Crippen LogP contribution is 2.22. The van der Waals surface area contributed by atoms with Crippen LogP contribution in [0.5, 0.6) is 0 Å². The lowest BCUT2D eigenvalue weighted by Crippen LogP contribution is -2.22. The van der Waals surface area contributed by atoms with Crippen LogP contribution in [0.2, 0.25) is 0 Å². The number of para-hydroxylation sites is 1. The second-order valence-electron chi connectivity index (χ2n) is 4.92. The van der Waals surface area contributed by atoms with Crippen molar-refractivity contribution in [3.05, 3.63) is 47.3 Å². The third kappa shape index (κ3) is 4.04. The molecule has 0 aliphatic carbocycles. The van der Waals surface area contributed by atoms with Crippen LogP contribution in [0.3, 0.4) is 0 Å². The number of carbonyl (C=O) groups excluding carboxylic acids is 1. The van der Waals surface area contributed by atoms with Crippen LogP contribution in [0.15, 0.2) is 35.5 Å². The number of hydrogen-bond donors (Lipinski definition) is 1. The summed E-state index contributed by atoms with van der Waals surface area (Å²) in [5.41, 5.74) is 3.81. The van der Waals surface area contributed by atoms with Gasteiger partial charge in [-0.3, -0.25) is 4.79 Å². The van der Waals surface area contributed by atoms with Crippen LogP contribution in [0.1, 0.15) is 23.9 Å². The number of aryl methyl sites for hydroxylation is 2. The Labute approximate surface area is 129 Å². The fraction of sp³-hybridized carbons (Fsp3) is 0.312. The van der Waals surface area contributed by atoms with Crippen LogP contribution in [0.4, 0.5) is 5.69 Å². The number of benzene rings is 1. The lowest BCUT2D eigenvalue weighted by molar-refractivity contribution is -0.115. The molecule has 0 bridgehead atoms. The van der Waals surface area contributed by atoms with Gasteiger partial charge < -0.3 is 5.32 Å². The molecular weight excluding hydrogens is 282 g/mol. The summed E-state index contributed by atoms with van der Waals surface area (Å²) in [5.74, 6) is -0.0503. The fourth-order valence-electron chi connectivity index (χ4n) is 1.77. The largest absolute Gasteiger partial charge is 0.325 e. The Balaban J connectivity index is 2.04. The number of carbonyl (C=O) groups is 1. The van der Waals surface area contributed by atoms with E-state index in [2.05, 4.69) is 15.3 Å².